The number of amides is 1. The van der Waals surface area contributed by atoms with E-state index in [2.05, 4.69) is 5.32 Å². The van der Waals surface area contributed by atoms with E-state index in [9.17, 15) is 18.0 Å². The summed E-state index contributed by atoms with van der Waals surface area (Å²) in [6, 6.07) is 1.57. The van der Waals surface area contributed by atoms with Crippen LogP contribution in [0.15, 0.2) is 16.8 Å². The Bertz CT molecular complexity index is 461. The highest BCUT2D eigenvalue weighted by atomic mass is 32.1. The van der Waals surface area contributed by atoms with Crippen molar-refractivity contribution in [2.24, 2.45) is 0 Å². The van der Waals surface area contributed by atoms with Crippen molar-refractivity contribution in [1.82, 2.24) is 10.2 Å². The van der Waals surface area contributed by atoms with E-state index in [1.165, 1.54) is 5.56 Å². The van der Waals surface area contributed by atoms with Gasteiger partial charge in [0, 0.05) is 12.6 Å². The molecule has 1 fully saturated rings. The average Bonchev–Trinajstić information content (AvgIpc) is 2.85. The first kappa shape index (κ1) is 16.3. The van der Waals surface area contributed by atoms with Crippen molar-refractivity contribution in [2.45, 2.75) is 44.4 Å². The van der Waals surface area contributed by atoms with Crippen LogP contribution in [0.1, 0.15) is 25.3 Å². The van der Waals surface area contributed by atoms with Gasteiger partial charge in [-0.3, -0.25) is 4.79 Å². The van der Waals surface area contributed by atoms with Gasteiger partial charge in [0.25, 0.3) is 0 Å². The number of halogens is 3. The molecule has 0 radical (unpaired) electrons. The Labute approximate surface area is 126 Å². The molecule has 3 nitrogen and oxygen atoms in total. The first-order chi connectivity index (χ1) is 9.85. The predicted molar refractivity (Wildman–Crippen MR) is 76.3 cm³/mol. The molecule has 1 aromatic rings. The smallest absolute Gasteiger partial charge is 0.332 e. The van der Waals surface area contributed by atoms with Gasteiger partial charge in [-0.25, -0.2) is 0 Å². The normalized spacial score (nSPS) is 21.6. The summed E-state index contributed by atoms with van der Waals surface area (Å²) in [7, 11) is 0. The van der Waals surface area contributed by atoms with Gasteiger partial charge >= 0.3 is 6.18 Å². The van der Waals surface area contributed by atoms with Crippen LogP contribution in [0.2, 0.25) is 0 Å². The van der Waals surface area contributed by atoms with E-state index in [-0.39, 0.29) is 12.6 Å². The lowest BCUT2D eigenvalue weighted by molar-refractivity contribution is -0.165. The number of nitrogens with one attached hydrogen (secondary N) is 1. The maximum absolute atomic E-state index is 12.4. The monoisotopic (exact) mass is 320 g/mol. The van der Waals surface area contributed by atoms with Crippen LogP contribution in [0.5, 0.6) is 0 Å². The van der Waals surface area contributed by atoms with E-state index in [1.807, 2.05) is 23.8 Å². The number of nitrogens with zero attached hydrogens (tertiary/aromatic N) is 1. The minimum Gasteiger partial charge on any atom is -0.332 e. The molecule has 0 spiro atoms. The Kier molecular flexibility index (Phi) is 5.27. The summed E-state index contributed by atoms with van der Waals surface area (Å²) in [5.74, 6) is -0.434. The van der Waals surface area contributed by atoms with Gasteiger partial charge in [0.05, 0.1) is 6.04 Å². The molecule has 0 saturated carbocycles. The fourth-order valence-corrected chi connectivity index (χ4v) is 3.31. The average molecular weight is 320 g/mol. The summed E-state index contributed by atoms with van der Waals surface area (Å²) in [6.07, 6.45) is -2.36. The lowest BCUT2D eigenvalue weighted by atomic mass is 10.0. The Balaban J connectivity index is 1.88. The number of thiophene rings is 1. The van der Waals surface area contributed by atoms with E-state index < -0.39 is 24.7 Å². The molecule has 1 aliphatic rings. The Morgan fingerprint density at radius 1 is 1.52 bits per heavy atom. The number of piperidine rings is 1. The fourth-order valence-electron chi connectivity index (χ4n) is 2.63. The third-order valence-corrected chi connectivity index (χ3v) is 4.24. The maximum Gasteiger partial charge on any atom is 0.406 e. The zero-order valence-electron chi connectivity index (χ0n) is 11.8. The van der Waals surface area contributed by atoms with Crippen molar-refractivity contribution in [3.8, 4) is 0 Å². The van der Waals surface area contributed by atoms with Gasteiger partial charge in [0.15, 0.2) is 0 Å². The van der Waals surface area contributed by atoms with E-state index >= 15 is 0 Å². The number of hydrogen-bond acceptors (Lipinski definition) is 3. The van der Waals surface area contributed by atoms with Crippen molar-refractivity contribution >= 4 is 17.2 Å². The van der Waals surface area contributed by atoms with Crippen molar-refractivity contribution in [3.05, 3.63) is 22.4 Å². The molecule has 1 saturated heterocycles. The highest BCUT2D eigenvalue weighted by molar-refractivity contribution is 7.07. The second-order valence-electron chi connectivity index (χ2n) is 5.47. The molecule has 0 bridgehead atoms. The van der Waals surface area contributed by atoms with E-state index in [0.717, 1.165) is 11.3 Å². The molecule has 0 unspecified atom stereocenters. The van der Waals surface area contributed by atoms with Gasteiger partial charge in [-0.1, -0.05) is 0 Å². The van der Waals surface area contributed by atoms with Gasteiger partial charge in [-0.05, 0) is 48.6 Å². The molecule has 0 aliphatic carbocycles. The van der Waals surface area contributed by atoms with Gasteiger partial charge in [-0.2, -0.15) is 24.5 Å². The molecule has 2 heterocycles. The third-order valence-electron chi connectivity index (χ3n) is 3.51. The summed E-state index contributed by atoms with van der Waals surface area (Å²) < 4.78 is 37.3. The van der Waals surface area contributed by atoms with Crippen LogP contribution >= 0.6 is 11.3 Å². The molecular weight excluding hydrogens is 301 g/mol. The number of carbonyl (C=O) groups excluding carboxylic acids is 1. The zero-order valence-corrected chi connectivity index (χ0v) is 12.6. The van der Waals surface area contributed by atoms with Crippen LogP contribution in [0.3, 0.4) is 0 Å². The first-order valence-electron chi connectivity index (χ1n) is 6.98. The van der Waals surface area contributed by atoms with Crippen LogP contribution in [0.4, 0.5) is 13.2 Å². The van der Waals surface area contributed by atoms with Gasteiger partial charge in [0.1, 0.15) is 6.54 Å². The van der Waals surface area contributed by atoms with Crippen LogP contribution in [0, 0.1) is 0 Å². The second kappa shape index (κ2) is 6.79. The molecule has 1 aromatic heterocycles. The largest absolute Gasteiger partial charge is 0.406 e. The number of rotatable bonds is 5. The third kappa shape index (κ3) is 5.00. The van der Waals surface area contributed by atoms with E-state index in [0.29, 0.717) is 12.8 Å². The molecule has 2 rings (SSSR count). The molecule has 118 valence electrons. The summed E-state index contributed by atoms with van der Waals surface area (Å²) in [6.45, 7) is 0.992. The number of carbonyl (C=O) groups is 1. The molecule has 0 aromatic carbocycles. The van der Waals surface area contributed by atoms with E-state index in [4.69, 9.17) is 0 Å². The van der Waals surface area contributed by atoms with E-state index in [1.54, 1.807) is 11.3 Å². The van der Waals surface area contributed by atoms with Crippen molar-refractivity contribution in [2.75, 3.05) is 13.1 Å². The van der Waals surface area contributed by atoms with Crippen LogP contribution in [-0.2, 0) is 11.2 Å². The number of alkyl halides is 3. The Morgan fingerprint density at radius 2 is 2.29 bits per heavy atom. The van der Waals surface area contributed by atoms with Crippen LogP contribution in [-0.4, -0.2) is 42.2 Å². The Morgan fingerprint density at radius 3 is 2.90 bits per heavy atom. The minimum atomic E-state index is -4.33. The lowest BCUT2D eigenvalue weighted by Gasteiger charge is -2.34. The molecule has 2 atom stereocenters. The number of likely N-dealkylation sites (tertiary alicyclic amines) is 1. The predicted octanol–water partition coefficient (Wildman–Crippen LogP) is 2.82. The summed E-state index contributed by atoms with van der Waals surface area (Å²) in [4.78, 5) is 13.0. The Hall–Kier alpha value is -1.08. The fraction of sp³-hybridized carbons (Fsp3) is 0.643. The highest BCUT2D eigenvalue weighted by Crippen LogP contribution is 2.21. The molecule has 21 heavy (non-hydrogen) atoms. The van der Waals surface area contributed by atoms with Crippen molar-refractivity contribution in [1.29, 1.82) is 0 Å². The summed E-state index contributed by atoms with van der Waals surface area (Å²) >= 11 is 1.61. The quantitative estimate of drug-likeness (QED) is 0.905. The zero-order chi connectivity index (χ0) is 15.5. The first-order valence-corrected chi connectivity index (χ1v) is 7.92. The molecule has 1 N–H and O–H groups in total. The molecular formula is C14H19F3N2OS. The summed E-state index contributed by atoms with van der Waals surface area (Å²) in [5.41, 5.74) is 1.18. The van der Waals surface area contributed by atoms with Gasteiger partial charge in [-0.15, -0.1) is 0 Å². The second-order valence-corrected chi connectivity index (χ2v) is 6.25. The van der Waals surface area contributed by atoms with Crippen molar-refractivity contribution in [3.63, 3.8) is 0 Å². The van der Waals surface area contributed by atoms with Gasteiger partial charge < -0.3 is 10.2 Å². The summed E-state index contributed by atoms with van der Waals surface area (Å²) in [5, 5.41) is 7.19. The molecule has 1 amide bonds. The standard InChI is InChI=1S/C14H19F3N2OS/c1-10(7-11-4-6-21-8-11)18-12-3-2-5-19(13(12)20)9-14(15,16)17/h4,6,8,10,12,18H,2-3,5,7,9H2,1H3/t10-,12+/m0/s1. The van der Waals surface area contributed by atoms with Crippen LogP contribution < -0.4 is 5.32 Å². The number of hydrogen-bond donors (Lipinski definition) is 1. The van der Waals surface area contributed by atoms with Crippen molar-refractivity contribution < 1.29 is 18.0 Å². The maximum atomic E-state index is 12.4. The van der Waals surface area contributed by atoms with Gasteiger partial charge in [0.2, 0.25) is 5.91 Å². The minimum absolute atomic E-state index is 0.0550. The lowest BCUT2D eigenvalue weighted by Crippen LogP contribution is -2.55. The highest BCUT2D eigenvalue weighted by Gasteiger charge is 2.37. The molecule has 7 heteroatoms. The topological polar surface area (TPSA) is 32.3 Å². The molecule has 1 aliphatic heterocycles. The SMILES string of the molecule is C[C@@H](Cc1ccsc1)N[C@@H]1CCCN(CC(F)(F)F)C1=O. The van der Waals surface area contributed by atoms with Crippen LogP contribution in [0.25, 0.3) is 0 Å².